The summed E-state index contributed by atoms with van der Waals surface area (Å²) >= 11 is 1.43. The van der Waals surface area contributed by atoms with Crippen molar-refractivity contribution in [3.05, 3.63) is 24.3 Å². The zero-order chi connectivity index (χ0) is 17.0. The summed E-state index contributed by atoms with van der Waals surface area (Å²) in [4.78, 5) is 13.6. The summed E-state index contributed by atoms with van der Waals surface area (Å²) in [6, 6.07) is 7.71. The van der Waals surface area contributed by atoms with Gasteiger partial charge in [0.1, 0.15) is 5.75 Å². The number of rotatable bonds is 6. The second-order valence-electron chi connectivity index (χ2n) is 5.27. The molecule has 2 rings (SSSR count). The molecule has 1 aromatic carbocycles. The van der Waals surface area contributed by atoms with E-state index >= 15 is 0 Å². The lowest BCUT2D eigenvalue weighted by molar-refractivity contribution is -0.127. The molecule has 0 aliphatic rings. The summed E-state index contributed by atoms with van der Waals surface area (Å²) < 4.78 is 7.20. The van der Waals surface area contributed by atoms with Crippen LogP contribution in [0.25, 0.3) is 11.4 Å². The van der Waals surface area contributed by atoms with E-state index in [9.17, 15) is 4.79 Å². The third kappa shape index (κ3) is 3.85. The zero-order valence-corrected chi connectivity index (χ0v) is 14.9. The number of ether oxygens (including phenoxy) is 1. The fraction of sp³-hybridized carbons (Fsp3) is 0.438. The first-order valence-corrected chi connectivity index (χ1v) is 8.31. The van der Waals surface area contributed by atoms with Crippen molar-refractivity contribution in [2.45, 2.75) is 30.8 Å². The number of nitrogens with zero attached hydrogens (tertiary/aromatic N) is 4. The summed E-state index contributed by atoms with van der Waals surface area (Å²) in [5.74, 6) is 1.66. The van der Waals surface area contributed by atoms with Gasteiger partial charge in [0, 0.05) is 26.2 Å². The molecule has 0 unspecified atom stereocenters. The normalized spacial score (nSPS) is 12.0. The first kappa shape index (κ1) is 17.3. The fourth-order valence-electron chi connectivity index (χ4n) is 2.19. The van der Waals surface area contributed by atoms with E-state index in [0.717, 1.165) is 28.8 Å². The highest BCUT2D eigenvalue weighted by Crippen LogP contribution is 2.28. The Morgan fingerprint density at radius 1 is 1.30 bits per heavy atom. The highest BCUT2D eigenvalue weighted by molar-refractivity contribution is 8.00. The van der Waals surface area contributed by atoms with Crippen molar-refractivity contribution in [3.63, 3.8) is 0 Å². The Hall–Kier alpha value is -2.02. The monoisotopic (exact) mass is 334 g/mol. The summed E-state index contributed by atoms with van der Waals surface area (Å²) in [6.45, 7) is 4.66. The van der Waals surface area contributed by atoms with Gasteiger partial charge in [-0.2, -0.15) is 0 Å². The maximum atomic E-state index is 12.0. The number of thioether (sulfide) groups is 1. The van der Waals surface area contributed by atoms with E-state index in [4.69, 9.17) is 4.74 Å². The highest BCUT2D eigenvalue weighted by Gasteiger charge is 2.21. The van der Waals surface area contributed by atoms with Crippen LogP contribution in [-0.2, 0) is 11.3 Å². The predicted molar refractivity (Wildman–Crippen MR) is 91.7 cm³/mol. The average molecular weight is 334 g/mol. The van der Waals surface area contributed by atoms with Crippen LogP contribution in [0.15, 0.2) is 29.4 Å². The summed E-state index contributed by atoms with van der Waals surface area (Å²) in [5.41, 5.74) is 0.971. The van der Waals surface area contributed by atoms with Crippen LogP contribution in [0, 0.1) is 0 Å². The van der Waals surface area contributed by atoms with Gasteiger partial charge >= 0.3 is 0 Å². The molecule has 0 saturated heterocycles. The van der Waals surface area contributed by atoms with E-state index in [1.54, 1.807) is 26.1 Å². The van der Waals surface area contributed by atoms with Crippen molar-refractivity contribution in [3.8, 4) is 17.1 Å². The first-order chi connectivity index (χ1) is 11.0. The number of hydrogen-bond donors (Lipinski definition) is 0. The molecule has 23 heavy (non-hydrogen) atoms. The smallest absolute Gasteiger partial charge is 0.235 e. The van der Waals surface area contributed by atoms with Crippen LogP contribution < -0.4 is 4.74 Å². The molecule has 2 aromatic rings. The maximum Gasteiger partial charge on any atom is 0.235 e. The van der Waals surface area contributed by atoms with Crippen LogP contribution in [-0.4, -0.2) is 52.0 Å². The molecule has 0 aliphatic heterocycles. The second kappa shape index (κ2) is 7.50. The topological polar surface area (TPSA) is 60.2 Å². The number of methoxy groups -OCH3 is 1. The van der Waals surface area contributed by atoms with Crippen molar-refractivity contribution < 1.29 is 9.53 Å². The third-order valence-electron chi connectivity index (χ3n) is 3.45. The molecule has 0 radical (unpaired) electrons. The molecule has 6 nitrogen and oxygen atoms in total. The standard InChI is InChI=1S/C16H22N4O2S/c1-6-20-14(12-7-9-13(22-5)10-8-12)17-18-16(20)23-11(2)15(21)19(3)4/h7-11H,6H2,1-5H3/t11-/m0/s1. The van der Waals surface area contributed by atoms with Crippen LogP contribution in [0.3, 0.4) is 0 Å². The van der Waals surface area contributed by atoms with Crippen LogP contribution in [0.5, 0.6) is 5.75 Å². The minimum atomic E-state index is -0.205. The maximum absolute atomic E-state index is 12.0. The van der Waals surface area contributed by atoms with Crippen LogP contribution >= 0.6 is 11.8 Å². The fourth-order valence-corrected chi connectivity index (χ4v) is 3.25. The van der Waals surface area contributed by atoms with Gasteiger partial charge in [0.05, 0.1) is 12.4 Å². The molecule has 124 valence electrons. The molecule has 0 spiro atoms. The lowest BCUT2D eigenvalue weighted by atomic mass is 10.2. The van der Waals surface area contributed by atoms with E-state index in [1.807, 2.05) is 42.7 Å². The highest BCUT2D eigenvalue weighted by atomic mass is 32.2. The van der Waals surface area contributed by atoms with Gasteiger partial charge in [0.25, 0.3) is 0 Å². The number of carbonyl (C=O) groups is 1. The Bertz CT molecular complexity index is 667. The quantitative estimate of drug-likeness (QED) is 0.760. The van der Waals surface area contributed by atoms with Gasteiger partial charge in [-0.15, -0.1) is 10.2 Å². The van der Waals surface area contributed by atoms with Gasteiger partial charge in [-0.05, 0) is 38.1 Å². The van der Waals surface area contributed by atoms with Gasteiger partial charge in [0.15, 0.2) is 11.0 Å². The summed E-state index contributed by atoms with van der Waals surface area (Å²) in [5, 5.41) is 9.10. The zero-order valence-electron chi connectivity index (χ0n) is 14.1. The van der Waals surface area contributed by atoms with E-state index in [1.165, 1.54) is 11.8 Å². The van der Waals surface area contributed by atoms with E-state index in [2.05, 4.69) is 10.2 Å². The summed E-state index contributed by atoms with van der Waals surface area (Å²) in [7, 11) is 5.15. The molecule has 1 aromatic heterocycles. The van der Waals surface area contributed by atoms with Crippen molar-refractivity contribution >= 4 is 17.7 Å². The number of carbonyl (C=O) groups excluding carboxylic acids is 1. The average Bonchev–Trinajstić information content (AvgIpc) is 2.96. The Kier molecular flexibility index (Phi) is 5.65. The Balaban J connectivity index is 2.27. The van der Waals surface area contributed by atoms with Gasteiger partial charge in [-0.3, -0.25) is 4.79 Å². The minimum absolute atomic E-state index is 0.0617. The molecule has 1 atom stereocenters. The molecule has 7 heteroatoms. The Morgan fingerprint density at radius 3 is 2.48 bits per heavy atom. The molecular weight excluding hydrogens is 312 g/mol. The van der Waals surface area contributed by atoms with Gasteiger partial charge in [-0.25, -0.2) is 0 Å². The van der Waals surface area contributed by atoms with E-state index < -0.39 is 0 Å². The molecule has 0 aliphatic carbocycles. The Morgan fingerprint density at radius 2 is 1.96 bits per heavy atom. The second-order valence-corrected chi connectivity index (χ2v) is 6.58. The van der Waals surface area contributed by atoms with E-state index in [0.29, 0.717) is 0 Å². The minimum Gasteiger partial charge on any atom is -0.497 e. The first-order valence-electron chi connectivity index (χ1n) is 7.43. The lowest BCUT2D eigenvalue weighted by Gasteiger charge is -2.16. The van der Waals surface area contributed by atoms with E-state index in [-0.39, 0.29) is 11.2 Å². The molecule has 1 heterocycles. The van der Waals surface area contributed by atoms with Gasteiger partial charge < -0.3 is 14.2 Å². The number of benzene rings is 1. The third-order valence-corrected chi connectivity index (χ3v) is 4.52. The number of amides is 1. The Labute approximate surface area is 140 Å². The van der Waals surface area contributed by atoms with Crippen LogP contribution in [0.1, 0.15) is 13.8 Å². The molecule has 0 bridgehead atoms. The van der Waals surface area contributed by atoms with Crippen molar-refractivity contribution in [1.82, 2.24) is 19.7 Å². The molecule has 0 saturated carbocycles. The molecule has 0 fully saturated rings. The summed E-state index contributed by atoms with van der Waals surface area (Å²) in [6.07, 6.45) is 0. The van der Waals surface area contributed by atoms with Crippen LogP contribution in [0.2, 0.25) is 0 Å². The largest absolute Gasteiger partial charge is 0.497 e. The molecule has 0 N–H and O–H groups in total. The number of aromatic nitrogens is 3. The van der Waals surface area contributed by atoms with Gasteiger partial charge in [0.2, 0.25) is 5.91 Å². The number of hydrogen-bond acceptors (Lipinski definition) is 5. The molecule has 1 amide bonds. The lowest BCUT2D eigenvalue weighted by Crippen LogP contribution is -2.29. The van der Waals surface area contributed by atoms with Crippen molar-refractivity contribution in [1.29, 1.82) is 0 Å². The predicted octanol–water partition coefficient (Wildman–Crippen LogP) is 2.54. The SMILES string of the molecule is CCn1c(S[C@@H](C)C(=O)N(C)C)nnc1-c1ccc(OC)cc1. The van der Waals surface area contributed by atoms with Crippen molar-refractivity contribution in [2.75, 3.05) is 21.2 Å². The van der Waals surface area contributed by atoms with Crippen molar-refractivity contribution in [2.24, 2.45) is 0 Å². The van der Waals surface area contributed by atoms with Crippen LogP contribution in [0.4, 0.5) is 0 Å². The molecular formula is C16H22N4O2S. The van der Waals surface area contributed by atoms with Gasteiger partial charge in [-0.1, -0.05) is 11.8 Å².